The number of aliphatic carboxylic acids is 3. The Balaban J connectivity index is 0.000000302. The molecule has 1 saturated carbocycles. The fourth-order valence-electron chi connectivity index (χ4n) is 5.19. The average Bonchev–Trinajstić information content (AvgIpc) is 3.54. The van der Waals surface area contributed by atoms with Crippen LogP contribution in [0.2, 0.25) is 0 Å². The van der Waals surface area contributed by atoms with Crippen LogP contribution in [0.15, 0.2) is 40.9 Å². The van der Waals surface area contributed by atoms with Crippen LogP contribution in [-0.2, 0) is 27.3 Å². The Morgan fingerprint density at radius 2 is 1.71 bits per heavy atom. The molecule has 4 rings (SSSR count). The SMILES string of the molecule is COc1ccc(CN[C@@H]2CCC[C@H]2Cc2cc(C)no2)c2c(OC)cccc12.O=C(O)CC(O)(CC(=O)O)C(=O)O. The van der Waals surface area contributed by atoms with Crippen LogP contribution in [0.1, 0.15) is 49.1 Å². The zero-order valence-corrected chi connectivity index (χ0v) is 23.3. The Bertz CT molecular complexity index is 1350. The lowest BCUT2D eigenvalue weighted by Crippen LogP contribution is -2.42. The molecular weight excluding hydrogens is 536 g/mol. The van der Waals surface area contributed by atoms with Gasteiger partial charge in [0, 0.05) is 35.8 Å². The summed E-state index contributed by atoms with van der Waals surface area (Å²) in [5.74, 6) is -1.69. The topological polar surface area (TPSA) is 189 Å². The monoisotopic (exact) mass is 572 g/mol. The number of hydrogen-bond donors (Lipinski definition) is 5. The first-order valence-electron chi connectivity index (χ1n) is 13.1. The first kappa shape index (κ1) is 31.4. The molecule has 0 saturated heterocycles. The Morgan fingerprint density at radius 3 is 2.27 bits per heavy atom. The van der Waals surface area contributed by atoms with E-state index in [9.17, 15) is 14.4 Å². The van der Waals surface area contributed by atoms with Crippen molar-refractivity contribution in [1.29, 1.82) is 0 Å². The van der Waals surface area contributed by atoms with Crippen LogP contribution in [-0.4, -0.2) is 69.4 Å². The molecule has 1 aromatic heterocycles. The second-order valence-corrected chi connectivity index (χ2v) is 10.1. The van der Waals surface area contributed by atoms with Gasteiger partial charge < -0.3 is 39.7 Å². The van der Waals surface area contributed by atoms with E-state index in [-0.39, 0.29) is 0 Å². The van der Waals surface area contributed by atoms with Gasteiger partial charge in [0.15, 0.2) is 5.60 Å². The minimum atomic E-state index is -2.74. The van der Waals surface area contributed by atoms with Crippen molar-refractivity contribution in [1.82, 2.24) is 10.5 Å². The summed E-state index contributed by atoms with van der Waals surface area (Å²) < 4.78 is 16.6. The fourth-order valence-corrected chi connectivity index (χ4v) is 5.19. The van der Waals surface area contributed by atoms with Crippen LogP contribution < -0.4 is 14.8 Å². The Morgan fingerprint density at radius 1 is 1.02 bits per heavy atom. The number of methoxy groups -OCH3 is 2. The Labute approximate surface area is 236 Å². The van der Waals surface area contributed by atoms with Crippen molar-refractivity contribution in [3.8, 4) is 11.5 Å². The Kier molecular flexibility index (Phi) is 10.7. The lowest BCUT2D eigenvalue weighted by atomic mass is 9.96. The van der Waals surface area contributed by atoms with Crippen molar-refractivity contribution in [3.05, 3.63) is 53.4 Å². The minimum Gasteiger partial charge on any atom is -0.496 e. The normalized spacial score (nSPS) is 16.6. The van der Waals surface area contributed by atoms with Crippen molar-refractivity contribution in [2.45, 2.75) is 63.6 Å². The number of rotatable bonds is 12. The molecule has 41 heavy (non-hydrogen) atoms. The molecule has 0 spiro atoms. The molecular formula is C29H36N2O10. The van der Waals surface area contributed by atoms with Crippen molar-refractivity contribution in [2.75, 3.05) is 14.2 Å². The molecule has 0 aliphatic heterocycles. The fraction of sp³-hybridized carbons (Fsp3) is 0.448. The number of aromatic nitrogens is 1. The number of aryl methyl sites for hydroxylation is 1. The van der Waals surface area contributed by atoms with Gasteiger partial charge in [0.05, 0.1) is 32.8 Å². The van der Waals surface area contributed by atoms with Gasteiger partial charge in [-0.3, -0.25) is 9.59 Å². The van der Waals surface area contributed by atoms with Gasteiger partial charge in [0.1, 0.15) is 17.3 Å². The molecule has 1 heterocycles. The second-order valence-electron chi connectivity index (χ2n) is 10.1. The third-order valence-corrected chi connectivity index (χ3v) is 7.13. The van der Waals surface area contributed by atoms with Gasteiger partial charge in [-0.05, 0) is 43.4 Å². The van der Waals surface area contributed by atoms with Crippen LogP contribution in [0.3, 0.4) is 0 Å². The highest BCUT2D eigenvalue weighted by Crippen LogP contribution is 2.36. The maximum atomic E-state index is 10.3. The van der Waals surface area contributed by atoms with Crippen LogP contribution >= 0.6 is 0 Å². The number of hydrogen-bond acceptors (Lipinski definition) is 9. The van der Waals surface area contributed by atoms with Crippen LogP contribution in [0.5, 0.6) is 11.5 Å². The highest BCUT2D eigenvalue weighted by Gasteiger charge is 2.40. The molecule has 0 amide bonds. The largest absolute Gasteiger partial charge is 0.496 e. The molecule has 12 nitrogen and oxygen atoms in total. The molecule has 0 unspecified atom stereocenters. The van der Waals surface area contributed by atoms with Crippen LogP contribution in [0.4, 0.5) is 0 Å². The van der Waals surface area contributed by atoms with Crippen molar-refractivity contribution >= 4 is 28.7 Å². The Hall–Kier alpha value is -4.16. The molecule has 0 radical (unpaired) electrons. The van der Waals surface area contributed by atoms with E-state index in [2.05, 4.69) is 28.7 Å². The number of aliphatic hydroxyl groups is 1. The van der Waals surface area contributed by atoms with Gasteiger partial charge in [-0.1, -0.05) is 29.8 Å². The van der Waals surface area contributed by atoms with E-state index in [0.717, 1.165) is 46.7 Å². The summed E-state index contributed by atoms with van der Waals surface area (Å²) in [6.45, 7) is 2.77. The minimum absolute atomic E-state index is 0.484. The molecule has 1 fully saturated rings. The number of fused-ring (bicyclic) bond motifs is 1. The molecule has 2 aromatic carbocycles. The number of nitrogens with zero attached hydrogens (tertiary/aromatic N) is 1. The average molecular weight is 573 g/mol. The maximum absolute atomic E-state index is 10.3. The summed E-state index contributed by atoms with van der Waals surface area (Å²) in [6.07, 6.45) is 2.34. The predicted molar refractivity (Wildman–Crippen MR) is 147 cm³/mol. The summed E-state index contributed by atoms with van der Waals surface area (Å²) in [7, 11) is 3.43. The number of nitrogens with one attached hydrogen (secondary N) is 1. The molecule has 222 valence electrons. The number of carboxylic acid groups (broad SMARTS) is 3. The van der Waals surface area contributed by atoms with Crippen molar-refractivity contribution < 1.29 is 48.8 Å². The summed E-state index contributed by atoms with van der Waals surface area (Å²) in [5, 5.41) is 43.8. The van der Waals surface area contributed by atoms with Gasteiger partial charge in [-0.25, -0.2) is 4.79 Å². The lowest BCUT2D eigenvalue weighted by Gasteiger charge is -2.21. The standard InChI is InChI=1S/C23H28N2O3.C6H8O7/c1-15-12-18(28-25-15)13-16-6-4-8-20(16)24-14-17-10-11-21(26-2)19-7-5-9-22(27-3)23(17)19;7-3(8)1-6(13,5(11)12)2-4(9)10/h5,7,9-12,16,20,24H,4,6,8,13-14H2,1-3H3;13H,1-2H2,(H,7,8)(H,9,10)(H,11,12)/t16-,20+;/m0./s1. The van der Waals surface area contributed by atoms with Crippen molar-refractivity contribution in [3.63, 3.8) is 0 Å². The van der Waals surface area contributed by atoms with E-state index in [1.165, 1.54) is 24.8 Å². The second kappa shape index (κ2) is 14.0. The quantitative estimate of drug-likeness (QED) is 0.213. The lowest BCUT2D eigenvalue weighted by molar-refractivity contribution is -0.170. The van der Waals surface area contributed by atoms with Gasteiger partial charge in [-0.15, -0.1) is 0 Å². The smallest absolute Gasteiger partial charge is 0.336 e. The molecule has 3 aromatic rings. The summed E-state index contributed by atoms with van der Waals surface area (Å²) >= 11 is 0. The van der Waals surface area contributed by atoms with Gasteiger partial charge >= 0.3 is 17.9 Å². The molecule has 12 heteroatoms. The molecule has 0 bridgehead atoms. The molecule has 1 aliphatic carbocycles. The zero-order valence-electron chi connectivity index (χ0n) is 23.3. The van der Waals surface area contributed by atoms with Crippen LogP contribution in [0.25, 0.3) is 10.8 Å². The number of carbonyl (C=O) groups is 3. The molecule has 5 N–H and O–H groups in total. The first-order chi connectivity index (χ1) is 19.5. The number of carboxylic acids is 3. The first-order valence-corrected chi connectivity index (χ1v) is 13.1. The molecule has 1 aliphatic rings. The third kappa shape index (κ3) is 8.18. The summed E-state index contributed by atoms with van der Waals surface area (Å²) in [4.78, 5) is 30.5. The maximum Gasteiger partial charge on any atom is 0.336 e. The highest BCUT2D eigenvalue weighted by atomic mass is 16.5. The van der Waals surface area contributed by atoms with Gasteiger partial charge in [0.2, 0.25) is 0 Å². The predicted octanol–water partition coefficient (Wildman–Crippen LogP) is 3.41. The highest BCUT2D eigenvalue weighted by molar-refractivity contribution is 5.95. The van der Waals surface area contributed by atoms with E-state index in [1.54, 1.807) is 14.2 Å². The summed E-state index contributed by atoms with van der Waals surface area (Å²) in [5.41, 5.74) is -0.554. The molecule has 2 atom stereocenters. The van der Waals surface area contributed by atoms with Crippen molar-refractivity contribution in [2.24, 2.45) is 5.92 Å². The van der Waals surface area contributed by atoms with Gasteiger partial charge in [0.25, 0.3) is 0 Å². The van der Waals surface area contributed by atoms with E-state index in [4.69, 9.17) is 34.4 Å². The van der Waals surface area contributed by atoms with E-state index in [1.807, 2.05) is 25.1 Å². The van der Waals surface area contributed by atoms with E-state index >= 15 is 0 Å². The van der Waals surface area contributed by atoms with Crippen LogP contribution in [0, 0.1) is 12.8 Å². The van der Waals surface area contributed by atoms with E-state index < -0.39 is 36.4 Å². The number of ether oxygens (including phenoxy) is 2. The number of benzene rings is 2. The van der Waals surface area contributed by atoms with Gasteiger partial charge in [-0.2, -0.15) is 0 Å². The zero-order chi connectivity index (χ0) is 30.2. The van der Waals surface area contributed by atoms with E-state index in [0.29, 0.717) is 12.0 Å². The summed E-state index contributed by atoms with van der Waals surface area (Å²) in [6, 6.07) is 12.8. The third-order valence-electron chi connectivity index (χ3n) is 7.13.